The quantitative estimate of drug-likeness (QED) is 0.501. The van der Waals surface area contributed by atoms with Crippen LogP contribution in [-0.2, 0) is 4.79 Å². The van der Waals surface area contributed by atoms with Crippen LogP contribution in [-0.4, -0.2) is 23.2 Å². The Morgan fingerprint density at radius 1 is 1.56 bits per heavy atom. The highest BCUT2D eigenvalue weighted by molar-refractivity contribution is 8.18. The third-order valence-electron chi connectivity index (χ3n) is 1.73. The van der Waals surface area contributed by atoms with E-state index in [9.17, 15) is 9.18 Å². The van der Waals surface area contributed by atoms with E-state index >= 15 is 0 Å². The molecule has 0 fully saturated rings. The maximum absolute atomic E-state index is 13.0. The number of benzene rings is 1. The van der Waals surface area contributed by atoms with Gasteiger partial charge in [0.05, 0.1) is 4.91 Å². The van der Waals surface area contributed by atoms with Gasteiger partial charge < -0.3 is 5.11 Å². The fourth-order valence-corrected chi connectivity index (χ4v) is 1.67. The first-order chi connectivity index (χ1) is 7.54. The molecule has 5 heteroatoms. The molecule has 0 saturated carbocycles. The molecule has 0 saturated heterocycles. The van der Waals surface area contributed by atoms with Crippen LogP contribution in [0.1, 0.15) is 5.56 Å². The first-order valence-electron chi connectivity index (χ1n) is 4.37. The van der Waals surface area contributed by atoms with Gasteiger partial charge in [0.15, 0.2) is 0 Å². The molecule has 0 aromatic heterocycles. The summed E-state index contributed by atoms with van der Waals surface area (Å²) in [5.74, 6) is -1.50. The summed E-state index contributed by atoms with van der Waals surface area (Å²) >= 11 is 0.904. The summed E-state index contributed by atoms with van der Waals surface area (Å²) in [6.45, 7) is 3.38. The smallest absolute Gasteiger partial charge is 0.341 e. The van der Waals surface area contributed by atoms with Crippen LogP contribution in [0.5, 0.6) is 0 Å². The Morgan fingerprint density at radius 2 is 2.25 bits per heavy atom. The second-order valence-corrected chi connectivity index (χ2v) is 3.95. The number of rotatable bonds is 3. The Balaban J connectivity index is 2.92. The Bertz CT molecular complexity index is 457. The second kappa shape index (κ2) is 5.46. The molecule has 0 atom stereocenters. The van der Waals surface area contributed by atoms with Crippen molar-refractivity contribution in [2.45, 2.75) is 0 Å². The maximum Gasteiger partial charge on any atom is 0.341 e. The molecule has 0 heterocycles. The van der Waals surface area contributed by atoms with Gasteiger partial charge in [0.1, 0.15) is 10.9 Å². The number of hydrogen-bond acceptors (Lipinski definition) is 3. The number of aliphatic imine (C=N–C) groups is 1. The average Bonchev–Trinajstić information content (AvgIpc) is 2.25. The van der Waals surface area contributed by atoms with Crippen LogP contribution in [0.15, 0.2) is 40.7 Å². The standard InChI is InChI=1S/C11H10FNO2S/c1-7(11(14)15)16-10(13-2)8-4-3-5-9(12)6-8/h3-6H,1H2,2H3,(H,14,15). The normalized spacial score (nSPS) is 11.2. The van der Waals surface area contributed by atoms with Gasteiger partial charge in [-0.15, -0.1) is 0 Å². The Hall–Kier alpha value is -1.62. The first kappa shape index (κ1) is 12.4. The molecular formula is C11H10FNO2S. The van der Waals surface area contributed by atoms with Crippen molar-refractivity contribution >= 4 is 22.8 Å². The minimum atomic E-state index is -1.11. The molecule has 3 nitrogen and oxygen atoms in total. The van der Waals surface area contributed by atoms with Crippen molar-refractivity contribution in [3.8, 4) is 0 Å². The summed E-state index contributed by atoms with van der Waals surface area (Å²) in [5.41, 5.74) is 0.537. The van der Waals surface area contributed by atoms with Gasteiger partial charge in [-0.2, -0.15) is 0 Å². The lowest BCUT2D eigenvalue weighted by atomic mass is 10.2. The van der Waals surface area contributed by atoms with Crippen LogP contribution < -0.4 is 0 Å². The predicted octanol–water partition coefficient (Wildman–Crippen LogP) is 2.53. The van der Waals surface area contributed by atoms with Crippen molar-refractivity contribution in [1.29, 1.82) is 0 Å². The summed E-state index contributed by atoms with van der Waals surface area (Å²) < 4.78 is 13.0. The van der Waals surface area contributed by atoms with Gasteiger partial charge >= 0.3 is 5.97 Å². The van der Waals surface area contributed by atoms with E-state index in [0.29, 0.717) is 10.6 Å². The molecule has 0 unspecified atom stereocenters. The fourth-order valence-electron chi connectivity index (χ4n) is 1.02. The zero-order valence-corrected chi connectivity index (χ0v) is 9.42. The van der Waals surface area contributed by atoms with Crippen LogP contribution in [0.2, 0.25) is 0 Å². The number of thioether (sulfide) groups is 1. The molecule has 0 aliphatic rings. The number of nitrogens with zero attached hydrogens (tertiary/aromatic N) is 1. The van der Waals surface area contributed by atoms with E-state index < -0.39 is 5.97 Å². The summed E-state index contributed by atoms with van der Waals surface area (Å²) in [6, 6.07) is 5.81. The molecule has 0 radical (unpaired) electrons. The number of carbonyl (C=O) groups is 1. The Kier molecular flexibility index (Phi) is 4.25. The highest BCUT2D eigenvalue weighted by Crippen LogP contribution is 2.21. The van der Waals surface area contributed by atoms with Crippen LogP contribution in [0.3, 0.4) is 0 Å². The lowest BCUT2D eigenvalue weighted by Crippen LogP contribution is -2.02. The second-order valence-electron chi connectivity index (χ2n) is 2.87. The number of hydrogen-bond donors (Lipinski definition) is 1. The van der Waals surface area contributed by atoms with Crippen molar-refractivity contribution < 1.29 is 14.3 Å². The number of carboxylic acids is 1. The van der Waals surface area contributed by atoms with E-state index in [1.54, 1.807) is 12.1 Å². The number of aliphatic carboxylic acids is 1. The molecule has 84 valence electrons. The third-order valence-corrected chi connectivity index (χ3v) is 2.77. The van der Waals surface area contributed by atoms with Crippen molar-refractivity contribution in [2.75, 3.05) is 7.05 Å². The largest absolute Gasteiger partial charge is 0.477 e. The van der Waals surface area contributed by atoms with Crippen LogP contribution in [0.25, 0.3) is 0 Å². The molecule has 0 bridgehead atoms. The monoisotopic (exact) mass is 239 g/mol. The van der Waals surface area contributed by atoms with Gasteiger partial charge in [-0.3, -0.25) is 4.99 Å². The Labute approximate surface area is 96.7 Å². The number of carboxylic acid groups (broad SMARTS) is 1. The summed E-state index contributed by atoms with van der Waals surface area (Å²) in [5, 5.41) is 9.10. The van der Waals surface area contributed by atoms with E-state index in [-0.39, 0.29) is 10.7 Å². The van der Waals surface area contributed by atoms with E-state index in [1.165, 1.54) is 19.2 Å². The lowest BCUT2D eigenvalue weighted by molar-refractivity contribution is -0.131. The molecule has 0 aliphatic heterocycles. The van der Waals surface area contributed by atoms with Gasteiger partial charge in [-0.25, -0.2) is 9.18 Å². The molecule has 0 spiro atoms. The topological polar surface area (TPSA) is 49.7 Å². The zero-order valence-electron chi connectivity index (χ0n) is 8.61. The minimum absolute atomic E-state index is 0.0511. The molecule has 0 aliphatic carbocycles. The van der Waals surface area contributed by atoms with E-state index in [1.807, 2.05) is 0 Å². The van der Waals surface area contributed by atoms with Gasteiger partial charge in [0.2, 0.25) is 0 Å². The molecule has 0 amide bonds. The molecule has 1 rings (SSSR count). The fraction of sp³-hybridized carbons (Fsp3) is 0.0909. The molecule has 1 aromatic carbocycles. The van der Waals surface area contributed by atoms with E-state index in [0.717, 1.165) is 11.8 Å². The van der Waals surface area contributed by atoms with E-state index in [2.05, 4.69) is 11.6 Å². The molecule has 16 heavy (non-hydrogen) atoms. The zero-order chi connectivity index (χ0) is 12.1. The maximum atomic E-state index is 13.0. The highest BCUT2D eigenvalue weighted by atomic mass is 32.2. The van der Waals surface area contributed by atoms with E-state index in [4.69, 9.17) is 5.11 Å². The predicted molar refractivity (Wildman–Crippen MR) is 63.2 cm³/mol. The summed E-state index contributed by atoms with van der Waals surface area (Å²) in [6.07, 6.45) is 0. The van der Waals surface area contributed by atoms with Crippen molar-refractivity contribution in [3.05, 3.63) is 47.1 Å². The average molecular weight is 239 g/mol. The van der Waals surface area contributed by atoms with Crippen molar-refractivity contribution in [3.63, 3.8) is 0 Å². The van der Waals surface area contributed by atoms with Gasteiger partial charge in [-0.05, 0) is 12.1 Å². The highest BCUT2D eigenvalue weighted by Gasteiger charge is 2.11. The van der Waals surface area contributed by atoms with Crippen LogP contribution >= 0.6 is 11.8 Å². The molecule has 1 aromatic rings. The van der Waals surface area contributed by atoms with Gasteiger partial charge in [-0.1, -0.05) is 30.5 Å². The SMILES string of the molecule is C=C(SC(=NC)c1cccc(F)c1)C(=O)O. The first-order valence-corrected chi connectivity index (χ1v) is 5.19. The third kappa shape index (κ3) is 3.20. The van der Waals surface area contributed by atoms with Crippen LogP contribution in [0, 0.1) is 5.82 Å². The molecule has 1 N–H and O–H groups in total. The lowest BCUT2D eigenvalue weighted by Gasteiger charge is -2.05. The Morgan fingerprint density at radius 3 is 2.75 bits per heavy atom. The summed E-state index contributed by atoms with van der Waals surface area (Å²) in [7, 11) is 1.52. The number of halogens is 1. The van der Waals surface area contributed by atoms with Crippen molar-refractivity contribution in [2.24, 2.45) is 4.99 Å². The minimum Gasteiger partial charge on any atom is -0.477 e. The van der Waals surface area contributed by atoms with Crippen molar-refractivity contribution in [1.82, 2.24) is 0 Å². The van der Waals surface area contributed by atoms with Gasteiger partial charge in [0, 0.05) is 12.6 Å². The molecular weight excluding hydrogens is 229 g/mol. The summed E-state index contributed by atoms with van der Waals surface area (Å²) in [4.78, 5) is 14.5. The van der Waals surface area contributed by atoms with Gasteiger partial charge in [0.25, 0.3) is 0 Å². The van der Waals surface area contributed by atoms with Crippen LogP contribution in [0.4, 0.5) is 4.39 Å².